The first-order valence-electron chi connectivity index (χ1n) is 11.2. The summed E-state index contributed by atoms with van der Waals surface area (Å²) in [5.74, 6) is -1.87. The van der Waals surface area contributed by atoms with Gasteiger partial charge in [0.15, 0.2) is 11.6 Å². The highest BCUT2D eigenvalue weighted by Gasteiger charge is 2.36. The SMILES string of the molecule is CNC1CCC(COc2cc(F)c(SNc3ncns3)cc2F)(Cc2ccc(Cl)c(F)c2)CC1.O=C=O. The summed E-state index contributed by atoms with van der Waals surface area (Å²) in [5, 5.41) is 3.86. The van der Waals surface area contributed by atoms with Gasteiger partial charge in [-0.2, -0.15) is 14.0 Å². The quantitative estimate of drug-likeness (QED) is 0.306. The van der Waals surface area contributed by atoms with Crippen LogP contribution in [-0.4, -0.2) is 35.2 Å². The Balaban J connectivity index is 0.00000121. The molecule has 2 aromatic carbocycles. The summed E-state index contributed by atoms with van der Waals surface area (Å²) >= 11 is 7.86. The van der Waals surface area contributed by atoms with E-state index in [-0.39, 0.29) is 33.8 Å². The van der Waals surface area contributed by atoms with E-state index in [1.165, 1.54) is 12.4 Å². The number of carbonyl (C=O) groups excluding carboxylic acids is 2. The van der Waals surface area contributed by atoms with Crippen LogP contribution in [0.3, 0.4) is 0 Å². The fraction of sp³-hybridized carbons (Fsp3) is 0.375. The molecule has 1 aliphatic rings. The predicted octanol–water partition coefficient (Wildman–Crippen LogP) is 5.91. The molecule has 1 aliphatic carbocycles. The molecule has 0 atom stereocenters. The van der Waals surface area contributed by atoms with Crippen LogP contribution in [0.5, 0.6) is 5.75 Å². The number of rotatable bonds is 9. The number of halogens is 4. The van der Waals surface area contributed by atoms with Gasteiger partial charge in [-0.05, 0) is 74.9 Å². The standard InChI is InChI=1S/C23H24ClF3N4OS2.CO2/c1-28-15-4-6-23(7-5-15,11-14-2-3-16(24)17(25)8-14)12-32-20-9-19(27)21(10-18(20)26)33-31-22-29-13-30-34-22;2-1-3/h2-3,8-10,13,15,28H,4-7,11-12H2,1H3,(H,29,30,31);. The number of anilines is 1. The number of nitrogens with zero attached hydrogens (tertiary/aromatic N) is 2. The lowest BCUT2D eigenvalue weighted by Crippen LogP contribution is -2.40. The third-order valence-electron chi connectivity index (χ3n) is 6.15. The van der Waals surface area contributed by atoms with Gasteiger partial charge in [-0.25, -0.2) is 18.2 Å². The van der Waals surface area contributed by atoms with Gasteiger partial charge in [0.25, 0.3) is 0 Å². The largest absolute Gasteiger partial charge is 0.490 e. The minimum atomic E-state index is -0.653. The first-order chi connectivity index (χ1) is 17.8. The number of benzene rings is 2. The molecule has 1 saturated carbocycles. The summed E-state index contributed by atoms with van der Waals surface area (Å²) in [6, 6.07) is 7.33. The maximum absolute atomic E-state index is 14.8. The third-order valence-corrected chi connectivity index (χ3v) is 7.99. The molecule has 2 N–H and O–H groups in total. The van der Waals surface area contributed by atoms with E-state index in [0.717, 1.165) is 66.9 Å². The highest BCUT2D eigenvalue weighted by Crippen LogP contribution is 2.41. The normalized spacial score (nSPS) is 18.9. The lowest BCUT2D eigenvalue weighted by molar-refractivity contribution is -0.191. The lowest BCUT2D eigenvalue weighted by Gasteiger charge is -2.40. The minimum absolute atomic E-state index is 0.0732. The summed E-state index contributed by atoms with van der Waals surface area (Å²) in [6.07, 6.45) is 5.64. The third kappa shape index (κ3) is 8.18. The van der Waals surface area contributed by atoms with Crippen molar-refractivity contribution in [2.24, 2.45) is 5.41 Å². The average Bonchev–Trinajstić information content (AvgIpc) is 3.40. The molecule has 7 nitrogen and oxygen atoms in total. The van der Waals surface area contributed by atoms with Crippen LogP contribution in [0.1, 0.15) is 31.2 Å². The van der Waals surface area contributed by atoms with Crippen molar-refractivity contribution in [1.82, 2.24) is 14.7 Å². The van der Waals surface area contributed by atoms with Gasteiger partial charge in [0.1, 0.15) is 18.0 Å². The van der Waals surface area contributed by atoms with Crippen LogP contribution in [0.2, 0.25) is 5.02 Å². The number of aromatic nitrogens is 2. The van der Waals surface area contributed by atoms with E-state index in [4.69, 9.17) is 25.9 Å². The Labute approximate surface area is 225 Å². The molecule has 0 unspecified atom stereocenters. The highest BCUT2D eigenvalue weighted by atomic mass is 35.5. The molecule has 3 aromatic rings. The first kappa shape index (κ1) is 28.9. The summed E-state index contributed by atoms with van der Waals surface area (Å²) in [4.78, 5) is 20.3. The van der Waals surface area contributed by atoms with Gasteiger partial charge < -0.3 is 14.8 Å². The minimum Gasteiger partial charge on any atom is -0.490 e. The molecule has 198 valence electrons. The summed E-state index contributed by atoms with van der Waals surface area (Å²) in [7, 11) is 1.93. The molecule has 4 rings (SSSR count). The van der Waals surface area contributed by atoms with E-state index >= 15 is 0 Å². The van der Waals surface area contributed by atoms with Crippen molar-refractivity contribution >= 4 is 46.4 Å². The molecule has 37 heavy (non-hydrogen) atoms. The Morgan fingerprint density at radius 2 is 1.89 bits per heavy atom. The summed E-state index contributed by atoms with van der Waals surface area (Å²) < 4.78 is 56.0. The number of hydrogen-bond donors (Lipinski definition) is 2. The number of hydrogen-bond acceptors (Lipinski definition) is 9. The van der Waals surface area contributed by atoms with Crippen molar-refractivity contribution < 1.29 is 27.5 Å². The fourth-order valence-electron chi connectivity index (χ4n) is 4.22. The maximum Gasteiger partial charge on any atom is 0.373 e. The van der Waals surface area contributed by atoms with Crippen LogP contribution in [0.4, 0.5) is 18.3 Å². The molecule has 0 amide bonds. The molecule has 0 radical (unpaired) electrons. The van der Waals surface area contributed by atoms with Crippen molar-refractivity contribution in [2.45, 2.75) is 43.0 Å². The Hall–Kier alpha value is -2.63. The van der Waals surface area contributed by atoms with Crippen LogP contribution < -0.4 is 14.8 Å². The van der Waals surface area contributed by atoms with Crippen LogP contribution in [0.25, 0.3) is 0 Å². The van der Waals surface area contributed by atoms with E-state index in [0.29, 0.717) is 17.6 Å². The zero-order valence-corrected chi connectivity index (χ0v) is 22.1. The Morgan fingerprint density at radius 3 is 2.51 bits per heavy atom. The number of nitrogens with one attached hydrogen (secondary N) is 2. The molecule has 0 bridgehead atoms. The van der Waals surface area contributed by atoms with Crippen molar-refractivity contribution in [3.05, 3.63) is 64.7 Å². The van der Waals surface area contributed by atoms with Gasteiger partial charge in [-0.15, -0.1) is 0 Å². The van der Waals surface area contributed by atoms with Crippen molar-refractivity contribution in [3.63, 3.8) is 0 Å². The molecule has 1 aromatic heterocycles. The Bertz CT molecular complexity index is 1210. The molecule has 1 heterocycles. The zero-order chi connectivity index (χ0) is 26.8. The van der Waals surface area contributed by atoms with Gasteiger partial charge >= 0.3 is 6.15 Å². The average molecular weight is 573 g/mol. The van der Waals surface area contributed by atoms with Crippen molar-refractivity contribution in [1.29, 1.82) is 0 Å². The smallest absolute Gasteiger partial charge is 0.373 e. The second-order valence-electron chi connectivity index (χ2n) is 8.52. The number of ether oxygens (including phenoxy) is 1. The molecule has 13 heteroatoms. The fourth-order valence-corrected chi connectivity index (χ4v) is 5.47. The van der Waals surface area contributed by atoms with Crippen LogP contribution in [0.15, 0.2) is 41.6 Å². The van der Waals surface area contributed by atoms with Crippen LogP contribution in [0, 0.1) is 22.9 Å². The Kier molecular flexibility index (Phi) is 10.8. The van der Waals surface area contributed by atoms with Crippen molar-refractivity contribution in [2.75, 3.05) is 18.4 Å². The van der Waals surface area contributed by atoms with Gasteiger partial charge in [0, 0.05) is 29.1 Å². The Morgan fingerprint density at radius 1 is 1.16 bits per heavy atom. The monoisotopic (exact) mass is 572 g/mol. The first-order valence-corrected chi connectivity index (χ1v) is 13.2. The van der Waals surface area contributed by atoms with E-state index in [9.17, 15) is 13.2 Å². The predicted molar refractivity (Wildman–Crippen MR) is 135 cm³/mol. The van der Waals surface area contributed by atoms with E-state index in [1.807, 2.05) is 7.05 Å². The molecule has 0 saturated heterocycles. The molecule has 1 fully saturated rings. The van der Waals surface area contributed by atoms with Gasteiger partial charge in [-0.1, -0.05) is 17.7 Å². The molecular weight excluding hydrogens is 549 g/mol. The second-order valence-corrected chi connectivity index (χ2v) is 10.6. The van der Waals surface area contributed by atoms with Crippen molar-refractivity contribution in [3.8, 4) is 5.75 Å². The molecular formula is C24H24ClF3N4O3S2. The lowest BCUT2D eigenvalue weighted by atomic mass is 9.69. The molecule has 0 aliphatic heterocycles. The van der Waals surface area contributed by atoms with Gasteiger partial charge in [-0.3, -0.25) is 0 Å². The zero-order valence-electron chi connectivity index (χ0n) is 19.7. The van der Waals surface area contributed by atoms with Crippen LogP contribution in [-0.2, 0) is 16.0 Å². The van der Waals surface area contributed by atoms with Gasteiger partial charge in [0.05, 0.1) is 16.5 Å². The van der Waals surface area contributed by atoms with Crippen LogP contribution >= 0.6 is 35.1 Å². The van der Waals surface area contributed by atoms with E-state index in [1.54, 1.807) is 12.1 Å². The topological polar surface area (TPSA) is 93.2 Å². The van der Waals surface area contributed by atoms with E-state index in [2.05, 4.69) is 19.4 Å². The molecule has 0 spiro atoms. The van der Waals surface area contributed by atoms with Gasteiger partial charge in [0.2, 0.25) is 5.13 Å². The van der Waals surface area contributed by atoms with E-state index < -0.39 is 17.5 Å². The summed E-state index contributed by atoms with van der Waals surface area (Å²) in [5.41, 5.74) is 0.471. The maximum atomic E-state index is 14.8. The second kappa shape index (κ2) is 13.8. The highest BCUT2D eigenvalue weighted by molar-refractivity contribution is 8.00. The summed E-state index contributed by atoms with van der Waals surface area (Å²) in [6.45, 7) is 0.194.